The largest absolute Gasteiger partial charge is 0.493 e. The Labute approximate surface area is 176 Å². The molecule has 0 aromatic heterocycles. The van der Waals surface area contributed by atoms with Crippen molar-refractivity contribution in [1.82, 2.24) is 5.32 Å². The Bertz CT molecular complexity index is 920. The van der Waals surface area contributed by atoms with Gasteiger partial charge in [-0.25, -0.2) is 0 Å². The highest BCUT2D eigenvalue weighted by molar-refractivity contribution is 6.30. The maximum Gasteiger partial charge on any atom is 0.258 e. The van der Waals surface area contributed by atoms with E-state index in [1.54, 1.807) is 31.4 Å². The number of carbonyl (C=O) groups excluding carboxylic acids is 1. The van der Waals surface area contributed by atoms with Crippen molar-refractivity contribution < 1.29 is 19.4 Å². The Morgan fingerprint density at radius 2 is 2.07 bits per heavy atom. The SMILES string of the molecule is COc1ccccc1OCC(=O)N[C@H]1CCCC(O)(C#Cc2cccc(Cl)c2)C1. The van der Waals surface area contributed by atoms with E-state index < -0.39 is 5.60 Å². The topological polar surface area (TPSA) is 67.8 Å². The lowest BCUT2D eigenvalue weighted by Gasteiger charge is -2.33. The Morgan fingerprint density at radius 3 is 2.83 bits per heavy atom. The number of para-hydroxylation sites is 2. The molecule has 0 spiro atoms. The van der Waals surface area contributed by atoms with Crippen LogP contribution in [0.2, 0.25) is 5.02 Å². The van der Waals surface area contributed by atoms with E-state index in [0.29, 0.717) is 29.4 Å². The summed E-state index contributed by atoms with van der Waals surface area (Å²) in [6.07, 6.45) is 2.52. The second-order valence-electron chi connectivity index (χ2n) is 7.09. The smallest absolute Gasteiger partial charge is 0.258 e. The maximum atomic E-state index is 12.3. The highest BCUT2D eigenvalue weighted by Gasteiger charge is 2.33. The van der Waals surface area contributed by atoms with E-state index in [-0.39, 0.29) is 18.6 Å². The highest BCUT2D eigenvalue weighted by Crippen LogP contribution is 2.28. The van der Waals surface area contributed by atoms with Gasteiger partial charge in [-0.1, -0.05) is 41.6 Å². The van der Waals surface area contributed by atoms with E-state index in [9.17, 15) is 9.90 Å². The number of hydrogen-bond acceptors (Lipinski definition) is 4. The molecule has 1 amide bonds. The molecule has 29 heavy (non-hydrogen) atoms. The molecule has 1 aliphatic carbocycles. The Hall–Kier alpha value is -2.68. The summed E-state index contributed by atoms with van der Waals surface area (Å²) in [7, 11) is 1.55. The van der Waals surface area contributed by atoms with Gasteiger partial charge in [0, 0.05) is 23.0 Å². The van der Waals surface area contributed by atoms with Crippen LogP contribution in [0.25, 0.3) is 0 Å². The van der Waals surface area contributed by atoms with Crippen LogP contribution in [0, 0.1) is 11.8 Å². The number of amides is 1. The summed E-state index contributed by atoms with van der Waals surface area (Å²) in [4.78, 5) is 12.3. The molecule has 5 nitrogen and oxygen atoms in total. The number of nitrogens with one attached hydrogen (secondary N) is 1. The number of methoxy groups -OCH3 is 1. The van der Waals surface area contributed by atoms with Crippen molar-refractivity contribution in [2.45, 2.75) is 37.3 Å². The van der Waals surface area contributed by atoms with Crippen molar-refractivity contribution >= 4 is 17.5 Å². The van der Waals surface area contributed by atoms with Crippen LogP contribution in [-0.4, -0.2) is 36.4 Å². The number of aliphatic hydroxyl groups is 1. The molecule has 2 aromatic carbocycles. The lowest BCUT2D eigenvalue weighted by Crippen LogP contribution is -2.46. The molecule has 2 N–H and O–H groups in total. The number of benzene rings is 2. The summed E-state index contributed by atoms with van der Waals surface area (Å²) in [6, 6.07) is 14.2. The minimum absolute atomic E-state index is 0.122. The predicted octanol–water partition coefficient (Wildman–Crippen LogP) is 3.57. The van der Waals surface area contributed by atoms with Crippen molar-refractivity contribution in [3.63, 3.8) is 0 Å². The lowest BCUT2D eigenvalue weighted by atomic mass is 9.82. The van der Waals surface area contributed by atoms with Gasteiger partial charge in [0.1, 0.15) is 5.60 Å². The first-order valence-corrected chi connectivity index (χ1v) is 9.91. The van der Waals surface area contributed by atoms with Gasteiger partial charge in [0.05, 0.1) is 7.11 Å². The average molecular weight is 414 g/mol. The van der Waals surface area contributed by atoms with Crippen LogP contribution in [0.4, 0.5) is 0 Å². The van der Waals surface area contributed by atoms with Gasteiger partial charge in [0.2, 0.25) is 0 Å². The molecule has 2 atom stereocenters. The molecule has 1 unspecified atom stereocenters. The third-order valence-corrected chi connectivity index (χ3v) is 5.02. The van der Waals surface area contributed by atoms with Gasteiger partial charge in [-0.15, -0.1) is 0 Å². The summed E-state index contributed by atoms with van der Waals surface area (Å²) in [5.74, 6) is 6.80. The standard InChI is InChI=1S/C23H24ClNO4/c1-28-20-9-2-3-10-21(20)29-16-22(26)25-19-8-5-12-23(27,15-19)13-11-17-6-4-7-18(24)14-17/h2-4,6-7,9-10,14,19,27H,5,8,12,15-16H2,1H3,(H,25,26)/t19-,23?/m0/s1. The third-order valence-electron chi connectivity index (χ3n) is 4.78. The molecule has 0 heterocycles. The fraction of sp³-hybridized carbons (Fsp3) is 0.348. The summed E-state index contributed by atoms with van der Waals surface area (Å²) >= 11 is 5.98. The number of halogens is 1. The van der Waals surface area contributed by atoms with Crippen molar-refractivity contribution in [2.75, 3.05) is 13.7 Å². The molecule has 6 heteroatoms. The van der Waals surface area contributed by atoms with Gasteiger partial charge in [0.15, 0.2) is 18.1 Å². The lowest BCUT2D eigenvalue weighted by molar-refractivity contribution is -0.124. The summed E-state index contributed by atoms with van der Waals surface area (Å²) < 4.78 is 10.8. The minimum Gasteiger partial charge on any atom is -0.493 e. The van der Waals surface area contributed by atoms with Crippen molar-refractivity contribution in [2.24, 2.45) is 0 Å². The van der Waals surface area contributed by atoms with Gasteiger partial charge in [0.25, 0.3) is 5.91 Å². The normalized spacial score (nSPS) is 20.9. The fourth-order valence-electron chi connectivity index (χ4n) is 3.39. The molecule has 1 saturated carbocycles. The minimum atomic E-state index is -1.14. The van der Waals surface area contributed by atoms with E-state index in [1.807, 2.05) is 24.3 Å². The molecule has 0 aliphatic heterocycles. The van der Waals surface area contributed by atoms with E-state index in [2.05, 4.69) is 17.2 Å². The number of rotatable bonds is 5. The number of hydrogen-bond donors (Lipinski definition) is 2. The fourth-order valence-corrected chi connectivity index (χ4v) is 3.59. The first kappa shape index (κ1) is 21.0. The average Bonchev–Trinajstić information content (AvgIpc) is 2.71. The van der Waals surface area contributed by atoms with Crippen LogP contribution < -0.4 is 14.8 Å². The summed E-state index contributed by atoms with van der Waals surface area (Å²) in [5.41, 5.74) is -0.385. The van der Waals surface area contributed by atoms with Crippen molar-refractivity contribution in [1.29, 1.82) is 0 Å². The second-order valence-corrected chi connectivity index (χ2v) is 7.53. The van der Waals surface area contributed by atoms with Gasteiger partial charge in [-0.3, -0.25) is 4.79 Å². The molecule has 0 bridgehead atoms. The highest BCUT2D eigenvalue weighted by atomic mass is 35.5. The van der Waals surface area contributed by atoms with Crippen LogP contribution in [-0.2, 0) is 4.79 Å². The molecule has 3 rings (SSSR count). The third kappa shape index (κ3) is 6.15. The van der Waals surface area contributed by atoms with Crippen LogP contribution in [0.5, 0.6) is 11.5 Å². The van der Waals surface area contributed by atoms with Crippen LogP contribution >= 0.6 is 11.6 Å². The zero-order valence-corrected chi connectivity index (χ0v) is 17.0. The van der Waals surface area contributed by atoms with E-state index in [0.717, 1.165) is 18.4 Å². The molecule has 152 valence electrons. The molecular weight excluding hydrogens is 390 g/mol. The number of carbonyl (C=O) groups is 1. The van der Waals surface area contributed by atoms with Gasteiger partial charge in [-0.05, 0) is 49.6 Å². The predicted molar refractivity (Wildman–Crippen MR) is 112 cm³/mol. The Morgan fingerprint density at radius 1 is 1.28 bits per heavy atom. The van der Waals surface area contributed by atoms with E-state index >= 15 is 0 Å². The molecular formula is C23H24ClNO4. The Kier molecular flexibility index (Phi) is 7.03. The molecule has 0 saturated heterocycles. The van der Waals surface area contributed by atoms with E-state index in [4.69, 9.17) is 21.1 Å². The van der Waals surface area contributed by atoms with Crippen LogP contribution in [0.1, 0.15) is 31.2 Å². The molecule has 1 fully saturated rings. The second kappa shape index (κ2) is 9.69. The van der Waals surface area contributed by atoms with Gasteiger partial charge >= 0.3 is 0 Å². The van der Waals surface area contributed by atoms with Crippen LogP contribution in [0.15, 0.2) is 48.5 Å². The molecule has 0 radical (unpaired) electrons. The summed E-state index contributed by atoms with van der Waals surface area (Å²) in [6.45, 7) is -0.122. The first-order chi connectivity index (χ1) is 14.0. The number of ether oxygens (including phenoxy) is 2. The Balaban J connectivity index is 1.55. The maximum absolute atomic E-state index is 12.3. The van der Waals surface area contributed by atoms with Gasteiger partial charge in [-0.2, -0.15) is 0 Å². The zero-order valence-electron chi connectivity index (χ0n) is 16.3. The molecule has 2 aromatic rings. The van der Waals surface area contributed by atoms with Crippen molar-refractivity contribution in [3.05, 3.63) is 59.1 Å². The summed E-state index contributed by atoms with van der Waals surface area (Å²) in [5, 5.41) is 14.4. The first-order valence-electron chi connectivity index (χ1n) is 9.54. The van der Waals surface area contributed by atoms with Gasteiger partial charge < -0.3 is 19.9 Å². The van der Waals surface area contributed by atoms with Crippen LogP contribution in [0.3, 0.4) is 0 Å². The zero-order chi connectivity index (χ0) is 20.7. The van der Waals surface area contributed by atoms with Crippen molar-refractivity contribution in [3.8, 4) is 23.3 Å². The molecule has 1 aliphatic rings. The monoisotopic (exact) mass is 413 g/mol. The quantitative estimate of drug-likeness (QED) is 0.735. The van der Waals surface area contributed by atoms with E-state index in [1.165, 1.54) is 0 Å².